The number of halogens is 1. The molecular weight excluding hydrogens is 224 g/mol. The molecular formula is C13H17ClO2. The summed E-state index contributed by atoms with van der Waals surface area (Å²) in [5.74, 6) is 0.849. The molecule has 0 aromatic heterocycles. The van der Waals surface area contributed by atoms with Crippen LogP contribution in [0.4, 0.5) is 0 Å². The quantitative estimate of drug-likeness (QED) is 0.751. The van der Waals surface area contributed by atoms with Gasteiger partial charge in [-0.3, -0.25) is 0 Å². The van der Waals surface area contributed by atoms with Crippen molar-refractivity contribution in [3.63, 3.8) is 0 Å². The smallest absolute Gasteiger partial charge is 0.119 e. The van der Waals surface area contributed by atoms with Crippen LogP contribution < -0.4 is 4.74 Å². The molecule has 88 valence electrons. The molecule has 1 atom stereocenters. The molecule has 0 amide bonds. The molecule has 1 heterocycles. The van der Waals surface area contributed by atoms with Gasteiger partial charge in [-0.15, -0.1) is 0 Å². The molecule has 1 saturated heterocycles. The van der Waals surface area contributed by atoms with Crippen molar-refractivity contribution in [3.05, 3.63) is 29.3 Å². The summed E-state index contributed by atoms with van der Waals surface area (Å²) in [6.45, 7) is 7.92. The molecule has 1 aliphatic heterocycles. The third kappa shape index (κ3) is 2.33. The highest BCUT2D eigenvalue weighted by atomic mass is 35.5. The summed E-state index contributed by atoms with van der Waals surface area (Å²) in [7, 11) is 0. The number of rotatable bonds is 4. The van der Waals surface area contributed by atoms with E-state index in [9.17, 15) is 0 Å². The lowest BCUT2D eigenvalue weighted by atomic mass is 9.81. The zero-order valence-electron chi connectivity index (χ0n) is 9.92. The second-order valence-electron chi connectivity index (χ2n) is 5.15. The Labute approximate surface area is 102 Å². The lowest BCUT2D eigenvalue weighted by molar-refractivity contribution is 0.0865. The van der Waals surface area contributed by atoms with Crippen LogP contribution in [0.1, 0.15) is 20.8 Å². The molecule has 0 N–H and O–H groups in total. The van der Waals surface area contributed by atoms with Gasteiger partial charge in [0.2, 0.25) is 0 Å². The monoisotopic (exact) mass is 240 g/mol. The van der Waals surface area contributed by atoms with E-state index in [0.717, 1.165) is 17.4 Å². The molecule has 0 spiro atoms. The first-order valence-electron chi connectivity index (χ1n) is 5.45. The first-order valence-corrected chi connectivity index (χ1v) is 5.83. The third-order valence-corrected chi connectivity index (χ3v) is 3.67. The molecule has 1 unspecified atom stereocenters. The van der Waals surface area contributed by atoms with Crippen LogP contribution in [0.15, 0.2) is 24.3 Å². The lowest BCUT2D eigenvalue weighted by Gasteiger charge is -2.28. The minimum atomic E-state index is -0.0283. The largest absolute Gasteiger partial charge is 0.493 e. The van der Waals surface area contributed by atoms with Crippen LogP contribution in [0.3, 0.4) is 0 Å². The zero-order valence-corrected chi connectivity index (χ0v) is 10.7. The van der Waals surface area contributed by atoms with Gasteiger partial charge in [-0.1, -0.05) is 25.4 Å². The van der Waals surface area contributed by atoms with E-state index < -0.39 is 0 Å². The van der Waals surface area contributed by atoms with Crippen molar-refractivity contribution in [2.45, 2.75) is 26.4 Å². The number of hydrogen-bond acceptors (Lipinski definition) is 2. The summed E-state index contributed by atoms with van der Waals surface area (Å²) in [4.78, 5) is 0. The van der Waals surface area contributed by atoms with Gasteiger partial charge >= 0.3 is 0 Å². The fourth-order valence-corrected chi connectivity index (χ4v) is 1.57. The topological polar surface area (TPSA) is 21.8 Å². The summed E-state index contributed by atoms with van der Waals surface area (Å²) < 4.78 is 11.2. The molecule has 2 rings (SSSR count). The summed E-state index contributed by atoms with van der Waals surface area (Å²) in [6, 6.07) is 7.43. The molecule has 1 aromatic carbocycles. The summed E-state index contributed by atoms with van der Waals surface area (Å²) in [6.07, 6.45) is 0. The molecule has 0 aliphatic carbocycles. The van der Waals surface area contributed by atoms with Gasteiger partial charge < -0.3 is 9.47 Å². The Morgan fingerprint density at radius 3 is 2.44 bits per heavy atom. The molecule has 1 aliphatic rings. The van der Waals surface area contributed by atoms with Crippen molar-refractivity contribution < 1.29 is 9.47 Å². The van der Waals surface area contributed by atoms with E-state index in [1.165, 1.54) is 0 Å². The van der Waals surface area contributed by atoms with Crippen molar-refractivity contribution in [2.75, 3.05) is 13.2 Å². The summed E-state index contributed by atoms with van der Waals surface area (Å²) in [5.41, 5.74) is -0.00788. The molecule has 2 nitrogen and oxygen atoms in total. The van der Waals surface area contributed by atoms with Gasteiger partial charge in [0.05, 0.1) is 18.8 Å². The van der Waals surface area contributed by atoms with Crippen LogP contribution in [-0.2, 0) is 4.74 Å². The van der Waals surface area contributed by atoms with E-state index in [1.807, 2.05) is 24.3 Å². The Bertz CT molecular complexity index is 366. The minimum Gasteiger partial charge on any atom is -0.493 e. The Kier molecular flexibility index (Phi) is 2.89. The first kappa shape index (κ1) is 11.7. The van der Waals surface area contributed by atoms with Crippen LogP contribution in [-0.4, -0.2) is 18.8 Å². The van der Waals surface area contributed by atoms with E-state index in [4.69, 9.17) is 21.1 Å². The highest BCUT2D eigenvalue weighted by Crippen LogP contribution is 2.44. The van der Waals surface area contributed by atoms with Crippen molar-refractivity contribution >= 4 is 11.6 Å². The summed E-state index contributed by atoms with van der Waals surface area (Å²) in [5, 5.41) is 0.726. The maximum Gasteiger partial charge on any atom is 0.119 e. The van der Waals surface area contributed by atoms with Crippen molar-refractivity contribution in [2.24, 2.45) is 5.41 Å². The fourth-order valence-electron chi connectivity index (χ4n) is 1.45. The predicted molar refractivity (Wildman–Crippen MR) is 65.1 cm³/mol. The Balaban J connectivity index is 1.94. The van der Waals surface area contributed by atoms with Gasteiger partial charge in [-0.25, -0.2) is 0 Å². The maximum atomic E-state index is 5.81. The average Bonchev–Trinajstić information content (AvgIpc) is 2.98. The van der Waals surface area contributed by atoms with Gasteiger partial charge in [-0.05, 0) is 31.2 Å². The van der Waals surface area contributed by atoms with Gasteiger partial charge in [0, 0.05) is 10.4 Å². The molecule has 0 saturated carbocycles. The van der Waals surface area contributed by atoms with Gasteiger partial charge in [-0.2, -0.15) is 0 Å². The van der Waals surface area contributed by atoms with Crippen molar-refractivity contribution in [3.8, 4) is 5.75 Å². The average molecular weight is 241 g/mol. The molecule has 3 heteroatoms. The van der Waals surface area contributed by atoms with Crippen LogP contribution in [0, 0.1) is 5.41 Å². The van der Waals surface area contributed by atoms with Gasteiger partial charge in [0.25, 0.3) is 0 Å². The second-order valence-corrected chi connectivity index (χ2v) is 5.58. The van der Waals surface area contributed by atoms with Gasteiger partial charge in [0.15, 0.2) is 0 Å². The van der Waals surface area contributed by atoms with E-state index >= 15 is 0 Å². The molecule has 0 radical (unpaired) electrons. The molecule has 1 fully saturated rings. The van der Waals surface area contributed by atoms with E-state index in [0.29, 0.717) is 6.61 Å². The molecule has 1 aromatic rings. The number of benzene rings is 1. The highest BCUT2D eigenvalue weighted by Gasteiger charge is 2.52. The lowest BCUT2D eigenvalue weighted by Crippen LogP contribution is -2.36. The fraction of sp³-hybridized carbons (Fsp3) is 0.538. The normalized spacial score (nSPS) is 24.2. The van der Waals surface area contributed by atoms with Gasteiger partial charge in [0.1, 0.15) is 5.75 Å². The SMILES string of the molecule is CC(C)(COc1ccc(Cl)cc1)C1(C)CO1. The number of ether oxygens (including phenoxy) is 2. The van der Waals surface area contributed by atoms with Crippen LogP contribution in [0.2, 0.25) is 5.02 Å². The maximum absolute atomic E-state index is 5.81. The third-order valence-electron chi connectivity index (χ3n) is 3.42. The minimum absolute atomic E-state index is 0.0205. The number of epoxide rings is 1. The van der Waals surface area contributed by atoms with E-state index in [1.54, 1.807) is 0 Å². The van der Waals surface area contributed by atoms with E-state index in [-0.39, 0.29) is 11.0 Å². The first-order chi connectivity index (χ1) is 7.43. The highest BCUT2D eigenvalue weighted by molar-refractivity contribution is 6.30. The van der Waals surface area contributed by atoms with Crippen molar-refractivity contribution in [1.82, 2.24) is 0 Å². The predicted octanol–water partition coefficient (Wildman–Crippen LogP) is 3.53. The standard InChI is InChI=1S/C13H17ClO2/c1-12(2,13(3)9-16-13)8-15-11-6-4-10(14)5-7-11/h4-7H,8-9H2,1-3H3. The Morgan fingerprint density at radius 2 is 1.94 bits per heavy atom. The van der Waals surface area contributed by atoms with Crippen LogP contribution >= 0.6 is 11.6 Å². The summed E-state index contributed by atoms with van der Waals surface area (Å²) >= 11 is 5.81. The Hall–Kier alpha value is -0.730. The Morgan fingerprint density at radius 1 is 1.38 bits per heavy atom. The van der Waals surface area contributed by atoms with E-state index in [2.05, 4.69) is 20.8 Å². The van der Waals surface area contributed by atoms with Crippen LogP contribution in [0.5, 0.6) is 5.75 Å². The zero-order chi connectivity index (χ0) is 11.8. The molecule has 0 bridgehead atoms. The van der Waals surface area contributed by atoms with Crippen molar-refractivity contribution in [1.29, 1.82) is 0 Å². The molecule has 16 heavy (non-hydrogen) atoms. The number of hydrogen-bond donors (Lipinski definition) is 0. The second kappa shape index (κ2) is 3.94. The van der Waals surface area contributed by atoms with Crippen LogP contribution in [0.25, 0.3) is 0 Å².